The van der Waals surface area contributed by atoms with E-state index in [4.69, 9.17) is 5.73 Å². The van der Waals surface area contributed by atoms with Crippen molar-refractivity contribution in [2.24, 2.45) is 28.9 Å². The molecule has 0 aromatic heterocycles. The molecule has 0 bridgehead atoms. The predicted molar refractivity (Wildman–Crippen MR) is 72.3 cm³/mol. The van der Waals surface area contributed by atoms with E-state index in [1.165, 1.54) is 32.1 Å². The van der Waals surface area contributed by atoms with Crippen molar-refractivity contribution >= 4 is 0 Å². The van der Waals surface area contributed by atoms with E-state index in [2.05, 4.69) is 34.6 Å². The quantitative estimate of drug-likeness (QED) is 0.700. The van der Waals surface area contributed by atoms with Gasteiger partial charge in [-0.15, -0.1) is 0 Å². The van der Waals surface area contributed by atoms with Gasteiger partial charge in [-0.2, -0.15) is 0 Å². The summed E-state index contributed by atoms with van der Waals surface area (Å²) in [5.41, 5.74) is 6.80. The summed E-state index contributed by atoms with van der Waals surface area (Å²) in [5.74, 6) is 2.31. The van der Waals surface area contributed by atoms with E-state index in [1.54, 1.807) is 0 Å². The number of hydrogen-bond acceptors (Lipinski definition) is 1. The summed E-state index contributed by atoms with van der Waals surface area (Å²) in [5, 5.41) is 0. The third-order valence-corrected chi connectivity index (χ3v) is 4.55. The van der Waals surface area contributed by atoms with Crippen molar-refractivity contribution in [3.8, 4) is 0 Å². The first-order valence-electron chi connectivity index (χ1n) is 7.08. The Kier molecular flexibility index (Phi) is 4.85. The molecule has 3 atom stereocenters. The normalized spacial score (nSPS) is 30.2. The molecule has 1 nitrogen and oxygen atoms in total. The van der Waals surface area contributed by atoms with Crippen molar-refractivity contribution in [3.05, 3.63) is 0 Å². The van der Waals surface area contributed by atoms with Crippen LogP contribution in [0, 0.1) is 23.2 Å². The van der Waals surface area contributed by atoms with Gasteiger partial charge in [0.15, 0.2) is 0 Å². The van der Waals surface area contributed by atoms with Gasteiger partial charge in [-0.3, -0.25) is 0 Å². The Morgan fingerprint density at radius 3 is 2.12 bits per heavy atom. The number of nitrogens with two attached hydrogens (primary N) is 1. The van der Waals surface area contributed by atoms with Crippen molar-refractivity contribution in [1.29, 1.82) is 0 Å². The molecule has 0 aliphatic heterocycles. The Balaban J connectivity index is 2.53. The van der Waals surface area contributed by atoms with Gasteiger partial charge in [0.1, 0.15) is 0 Å². The van der Waals surface area contributed by atoms with Crippen molar-refractivity contribution in [3.63, 3.8) is 0 Å². The Hall–Kier alpha value is -0.0400. The first-order valence-corrected chi connectivity index (χ1v) is 7.08. The second-order valence-electron chi connectivity index (χ2n) is 7.15. The lowest BCUT2D eigenvalue weighted by atomic mass is 9.76. The Labute approximate surface area is 102 Å². The molecule has 1 saturated carbocycles. The van der Waals surface area contributed by atoms with Gasteiger partial charge in [-0.25, -0.2) is 0 Å². The summed E-state index contributed by atoms with van der Waals surface area (Å²) in [4.78, 5) is 0. The maximum absolute atomic E-state index is 6.32. The number of rotatable bonds is 2. The van der Waals surface area contributed by atoms with E-state index in [1.807, 2.05) is 0 Å². The maximum Gasteiger partial charge on any atom is 0.00903 e. The van der Waals surface area contributed by atoms with E-state index >= 15 is 0 Å². The smallest absolute Gasteiger partial charge is 0.00903 e. The van der Waals surface area contributed by atoms with Gasteiger partial charge in [0, 0.05) is 6.04 Å². The number of hydrogen-bond donors (Lipinski definition) is 1. The minimum absolute atomic E-state index is 0.415. The van der Waals surface area contributed by atoms with Crippen molar-refractivity contribution in [2.45, 2.75) is 72.8 Å². The summed E-state index contributed by atoms with van der Waals surface area (Å²) in [7, 11) is 0. The zero-order valence-electron chi connectivity index (χ0n) is 11.9. The molecule has 3 unspecified atom stereocenters. The highest BCUT2D eigenvalue weighted by Crippen LogP contribution is 2.39. The minimum atomic E-state index is 0.415. The third-order valence-electron chi connectivity index (χ3n) is 4.55. The largest absolute Gasteiger partial charge is 0.327 e. The van der Waals surface area contributed by atoms with Crippen LogP contribution in [0.5, 0.6) is 0 Å². The van der Waals surface area contributed by atoms with Gasteiger partial charge >= 0.3 is 0 Å². The molecular weight excluding hydrogens is 194 g/mol. The van der Waals surface area contributed by atoms with Crippen LogP contribution in [-0.2, 0) is 0 Å². The molecule has 0 aromatic carbocycles. The molecular formula is C15H31N. The molecule has 1 fully saturated rings. The van der Waals surface area contributed by atoms with Gasteiger partial charge in [0.25, 0.3) is 0 Å². The summed E-state index contributed by atoms with van der Waals surface area (Å²) in [6, 6.07) is 0.415. The van der Waals surface area contributed by atoms with Gasteiger partial charge in [0.2, 0.25) is 0 Å². The summed E-state index contributed by atoms with van der Waals surface area (Å²) >= 11 is 0. The van der Waals surface area contributed by atoms with Crippen LogP contribution in [0.4, 0.5) is 0 Å². The zero-order valence-corrected chi connectivity index (χ0v) is 11.9. The van der Waals surface area contributed by atoms with Crippen LogP contribution in [0.3, 0.4) is 0 Å². The van der Waals surface area contributed by atoms with Crippen LogP contribution in [0.25, 0.3) is 0 Å². The van der Waals surface area contributed by atoms with Gasteiger partial charge in [0.05, 0.1) is 0 Å². The summed E-state index contributed by atoms with van der Waals surface area (Å²) in [6.07, 6.45) is 6.87. The fraction of sp³-hybridized carbons (Fsp3) is 1.00. The van der Waals surface area contributed by atoms with E-state index < -0.39 is 0 Å². The lowest BCUT2D eigenvalue weighted by Crippen LogP contribution is -2.35. The molecule has 0 amide bonds. The van der Waals surface area contributed by atoms with Crippen LogP contribution >= 0.6 is 0 Å². The lowest BCUT2D eigenvalue weighted by molar-refractivity contribution is 0.209. The Morgan fingerprint density at radius 1 is 1.00 bits per heavy atom. The van der Waals surface area contributed by atoms with Crippen molar-refractivity contribution < 1.29 is 0 Å². The monoisotopic (exact) mass is 225 g/mol. The van der Waals surface area contributed by atoms with Crippen molar-refractivity contribution in [1.82, 2.24) is 0 Å². The Morgan fingerprint density at radius 2 is 1.62 bits per heavy atom. The fourth-order valence-electron chi connectivity index (χ4n) is 3.13. The molecule has 1 aliphatic carbocycles. The van der Waals surface area contributed by atoms with Crippen LogP contribution in [0.2, 0.25) is 0 Å². The average Bonchev–Trinajstić information content (AvgIpc) is 2.40. The topological polar surface area (TPSA) is 26.0 Å². The standard InChI is InChI=1S/C15H31N/c1-11(2)14(16)12-7-6-8-13(10-9-12)15(3,4)5/h11-14H,6-10,16H2,1-5H3. The molecule has 1 aliphatic rings. The molecule has 0 heterocycles. The zero-order chi connectivity index (χ0) is 12.3. The molecule has 0 aromatic rings. The van der Waals surface area contributed by atoms with Gasteiger partial charge in [-0.1, -0.05) is 41.0 Å². The van der Waals surface area contributed by atoms with Crippen LogP contribution < -0.4 is 5.73 Å². The van der Waals surface area contributed by atoms with Crippen LogP contribution in [0.1, 0.15) is 66.7 Å². The highest BCUT2D eigenvalue weighted by Gasteiger charge is 2.30. The second kappa shape index (κ2) is 5.53. The molecule has 0 radical (unpaired) electrons. The van der Waals surface area contributed by atoms with Crippen LogP contribution in [0.15, 0.2) is 0 Å². The molecule has 2 N–H and O–H groups in total. The first-order chi connectivity index (χ1) is 7.32. The van der Waals surface area contributed by atoms with E-state index in [9.17, 15) is 0 Å². The highest BCUT2D eigenvalue weighted by molar-refractivity contribution is 4.83. The SMILES string of the molecule is CC(C)C(N)C1CCCC(C(C)(C)C)CC1. The molecule has 0 saturated heterocycles. The van der Waals surface area contributed by atoms with Crippen molar-refractivity contribution in [2.75, 3.05) is 0 Å². The molecule has 0 spiro atoms. The Bertz CT molecular complexity index is 202. The van der Waals surface area contributed by atoms with Gasteiger partial charge in [-0.05, 0) is 48.9 Å². The lowest BCUT2D eigenvalue weighted by Gasteiger charge is -2.30. The molecule has 1 rings (SSSR count). The molecule has 1 heteroatoms. The fourth-order valence-corrected chi connectivity index (χ4v) is 3.13. The highest BCUT2D eigenvalue weighted by atomic mass is 14.7. The molecule has 16 heavy (non-hydrogen) atoms. The van der Waals surface area contributed by atoms with Gasteiger partial charge < -0.3 is 5.73 Å². The van der Waals surface area contributed by atoms with Crippen LogP contribution in [-0.4, -0.2) is 6.04 Å². The van der Waals surface area contributed by atoms with E-state index in [-0.39, 0.29) is 0 Å². The third kappa shape index (κ3) is 3.76. The minimum Gasteiger partial charge on any atom is -0.327 e. The maximum atomic E-state index is 6.32. The van der Waals surface area contributed by atoms with E-state index in [0.717, 1.165) is 11.8 Å². The summed E-state index contributed by atoms with van der Waals surface area (Å²) < 4.78 is 0. The predicted octanol–water partition coefficient (Wildman–Crippen LogP) is 4.21. The van der Waals surface area contributed by atoms with E-state index in [0.29, 0.717) is 17.4 Å². The second-order valence-corrected chi connectivity index (χ2v) is 7.15. The molecule has 96 valence electrons. The first kappa shape index (κ1) is 14.0. The summed E-state index contributed by atoms with van der Waals surface area (Å²) in [6.45, 7) is 11.7. The average molecular weight is 225 g/mol.